The lowest BCUT2D eigenvalue weighted by molar-refractivity contribution is -0.113. The van der Waals surface area contributed by atoms with Gasteiger partial charge in [0.2, 0.25) is 5.91 Å². The third-order valence-electron chi connectivity index (χ3n) is 3.07. The van der Waals surface area contributed by atoms with Crippen LogP contribution in [0.2, 0.25) is 0 Å². The number of nitrogens with one attached hydrogen (secondary N) is 1. The Kier molecular flexibility index (Phi) is 5.28. The van der Waals surface area contributed by atoms with E-state index in [-0.39, 0.29) is 5.91 Å². The highest BCUT2D eigenvalue weighted by atomic mass is 32.2. The van der Waals surface area contributed by atoms with Gasteiger partial charge in [0.05, 0.1) is 17.1 Å². The molecule has 3 nitrogen and oxygen atoms in total. The number of hydrogen-bond donors (Lipinski definition) is 2. The molecule has 0 aliphatic rings. The number of nitrogens with two attached hydrogens (primary N) is 1. The first kappa shape index (κ1) is 15.4. The van der Waals surface area contributed by atoms with E-state index in [1.807, 2.05) is 31.2 Å². The molecule has 2 aromatic carbocycles. The fourth-order valence-electron chi connectivity index (χ4n) is 2.05. The van der Waals surface area contributed by atoms with Crippen LogP contribution in [0, 0.1) is 13.8 Å². The van der Waals surface area contributed by atoms with E-state index in [1.165, 1.54) is 11.1 Å². The summed E-state index contributed by atoms with van der Waals surface area (Å²) in [7, 11) is 0. The molecule has 0 aliphatic carbocycles. The van der Waals surface area contributed by atoms with Crippen LogP contribution in [0.25, 0.3) is 0 Å². The number of hydrogen-bond acceptors (Lipinski definition) is 3. The fourth-order valence-corrected chi connectivity index (χ4v) is 2.82. The third-order valence-corrected chi connectivity index (χ3v) is 4.07. The lowest BCUT2D eigenvalue weighted by atomic mass is 10.2. The molecule has 3 N–H and O–H groups in total. The molecular weight excluding hydrogens is 280 g/mol. The number of carbonyl (C=O) groups is 1. The number of thioether (sulfide) groups is 1. The summed E-state index contributed by atoms with van der Waals surface area (Å²) in [6.45, 7) is 4.04. The summed E-state index contributed by atoms with van der Waals surface area (Å²) in [5, 5.41) is 2.85. The minimum absolute atomic E-state index is 0.0248. The molecule has 2 rings (SSSR count). The Morgan fingerprint density at radius 3 is 2.62 bits per heavy atom. The Bertz CT molecular complexity index is 640. The first-order valence-corrected chi connectivity index (χ1v) is 7.99. The standard InChI is InChI=1S/C17H20N2OS/c1-12-4-3-5-14(8-12)10-21-11-17(20)19-16-7-6-13(2)9-15(16)18/h3-9H,10-11,18H2,1-2H3,(H,19,20). The van der Waals surface area contributed by atoms with Gasteiger partial charge in [0, 0.05) is 5.75 Å². The lowest BCUT2D eigenvalue weighted by Gasteiger charge is -2.09. The summed E-state index contributed by atoms with van der Waals surface area (Å²) in [4.78, 5) is 11.9. The van der Waals surface area contributed by atoms with Crippen molar-refractivity contribution in [3.8, 4) is 0 Å². The van der Waals surface area contributed by atoms with Crippen molar-refractivity contribution in [3.63, 3.8) is 0 Å². The molecule has 0 aliphatic heterocycles. The maximum atomic E-state index is 11.9. The van der Waals surface area contributed by atoms with Crippen molar-refractivity contribution < 1.29 is 4.79 Å². The van der Waals surface area contributed by atoms with Gasteiger partial charge in [-0.1, -0.05) is 35.9 Å². The highest BCUT2D eigenvalue weighted by Gasteiger charge is 2.06. The van der Waals surface area contributed by atoms with Crippen LogP contribution in [0.3, 0.4) is 0 Å². The smallest absolute Gasteiger partial charge is 0.234 e. The van der Waals surface area contributed by atoms with Crippen molar-refractivity contribution in [3.05, 3.63) is 59.2 Å². The normalized spacial score (nSPS) is 10.4. The van der Waals surface area contributed by atoms with Crippen LogP contribution in [0.1, 0.15) is 16.7 Å². The van der Waals surface area contributed by atoms with Gasteiger partial charge >= 0.3 is 0 Å². The van der Waals surface area contributed by atoms with Crippen molar-refractivity contribution in [2.75, 3.05) is 16.8 Å². The van der Waals surface area contributed by atoms with Gasteiger partial charge in [-0.25, -0.2) is 0 Å². The van der Waals surface area contributed by atoms with Gasteiger partial charge < -0.3 is 11.1 Å². The molecule has 0 bridgehead atoms. The molecule has 0 radical (unpaired) electrons. The average molecular weight is 300 g/mol. The SMILES string of the molecule is Cc1cccc(CSCC(=O)Nc2ccc(C)cc2N)c1. The largest absolute Gasteiger partial charge is 0.397 e. The summed E-state index contributed by atoms with van der Waals surface area (Å²) in [6, 6.07) is 14.0. The second-order valence-electron chi connectivity index (χ2n) is 5.12. The van der Waals surface area contributed by atoms with Crippen molar-refractivity contribution in [1.29, 1.82) is 0 Å². The number of anilines is 2. The molecule has 1 amide bonds. The monoisotopic (exact) mass is 300 g/mol. The maximum absolute atomic E-state index is 11.9. The minimum Gasteiger partial charge on any atom is -0.397 e. The summed E-state index contributed by atoms with van der Waals surface area (Å²) < 4.78 is 0. The van der Waals surface area contributed by atoms with E-state index in [0.717, 1.165) is 11.3 Å². The molecule has 0 saturated heterocycles. The van der Waals surface area contributed by atoms with E-state index in [4.69, 9.17) is 5.73 Å². The Balaban J connectivity index is 1.82. The van der Waals surface area contributed by atoms with Crippen LogP contribution in [-0.4, -0.2) is 11.7 Å². The molecule has 0 fully saturated rings. The molecule has 0 saturated carbocycles. The molecule has 4 heteroatoms. The Hall–Kier alpha value is -1.94. The number of benzene rings is 2. The molecule has 110 valence electrons. The molecule has 0 spiro atoms. The Morgan fingerprint density at radius 2 is 1.90 bits per heavy atom. The van der Waals surface area contributed by atoms with Crippen LogP contribution in [0.5, 0.6) is 0 Å². The number of rotatable bonds is 5. The molecule has 2 aromatic rings. The lowest BCUT2D eigenvalue weighted by Crippen LogP contribution is -2.15. The highest BCUT2D eigenvalue weighted by molar-refractivity contribution is 7.99. The summed E-state index contributed by atoms with van der Waals surface area (Å²) in [5.74, 6) is 1.22. The second-order valence-corrected chi connectivity index (χ2v) is 6.11. The molecular formula is C17H20N2OS. The van der Waals surface area contributed by atoms with Crippen LogP contribution in [0.15, 0.2) is 42.5 Å². The number of carbonyl (C=O) groups excluding carboxylic acids is 1. The number of aryl methyl sites for hydroxylation is 2. The first-order valence-electron chi connectivity index (χ1n) is 6.84. The van der Waals surface area contributed by atoms with Gasteiger partial charge in [-0.2, -0.15) is 0 Å². The fraction of sp³-hybridized carbons (Fsp3) is 0.235. The van der Waals surface area contributed by atoms with Crippen LogP contribution in [0.4, 0.5) is 11.4 Å². The van der Waals surface area contributed by atoms with Crippen molar-refractivity contribution in [2.24, 2.45) is 0 Å². The minimum atomic E-state index is -0.0248. The number of nitrogen functional groups attached to an aromatic ring is 1. The zero-order chi connectivity index (χ0) is 15.2. The van der Waals surface area contributed by atoms with Crippen molar-refractivity contribution >= 4 is 29.0 Å². The van der Waals surface area contributed by atoms with E-state index in [1.54, 1.807) is 11.8 Å². The van der Waals surface area contributed by atoms with Crippen LogP contribution >= 0.6 is 11.8 Å². The first-order chi connectivity index (χ1) is 10.0. The van der Waals surface area contributed by atoms with E-state index >= 15 is 0 Å². The zero-order valence-corrected chi connectivity index (χ0v) is 13.2. The van der Waals surface area contributed by atoms with E-state index in [2.05, 4.69) is 30.4 Å². The summed E-state index contributed by atoms with van der Waals surface area (Å²) in [5.41, 5.74) is 10.7. The van der Waals surface area contributed by atoms with E-state index < -0.39 is 0 Å². The topological polar surface area (TPSA) is 55.1 Å². The predicted molar refractivity (Wildman–Crippen MR) is 91.6 cm³/mol. The molecule has 21 heavy (non-hydrogen) atoms. The zero-order valence-electron chi connectivity index (χ0n) is 12.3. The maximum Gasteiger partial charge on any atom is 0.234 e. The predicted octanol–water partition coefficient (Wildman–Crippen LogP) is 3.76. The average Bonchev–Trinajstić information content (AvgIpc) is 2.42. The van der Waals surface area contributed by atoms with Crippen LogP contribution in [-0.2, 0) is 10.5 Å². The van der Waals surface area contributed by atoms with E-state index in [0.29, 0.717) is 17.1 Å². The third kappa shape index (κ3) is 4.83. The van der Waals surface area contributed by atoms with Gasteiger partial charge in [-0.3, -0.25) is 4.79 Å². The molecule has 0 atom stereocenters. The molecule has 0 aromatic heterocycles. The second kappa shape index (κ2) is 7.18. The van der Waals surface area contributed by atoms with Gasteiger partial charge in [0.15, 0.2) is 0 Å². The van der Waals surface area contributed by atoms with Gasteiger partial charge in [-0.05, 0) is 37.1 Å². The van der Waals surface area contributed by atoms with Crippen molar-refractivity contribution in [1.82, 2.24) is 0 Å². The Morgan fingerprint density at radius 1 is 1.14 bits per heavy atom. The quantitative estimate of drug-likeness (QED) is 0.827. The van der Waals surface area contributed by atoms with Gasteiger partial charge in [0.25, 0.3) is 0 Å². The van der Waals surface area contributed by atoms with Crippen LogP contribution < -0.4 is 11.1 Å². The summed E-state index contributed by atoms with van der Waals surface area (Å²) in [6.07, 6.45) is 0. The highest BCUT2D eigenvalue weighted by Crippen LogP contribution is 2.20. The van der Waals surface area contributed by atoms with Gasteiger partial charge in [-0.15, -0.1) is 11.8 Å². The van der Waals surface area contributed by atoms with Gasteiger partial charge in [0.1, 0.15) is 0 Å². The molecule has 0 heterocycles. The number of amides is 1. The Labute approximate surface area is 129 Å². The van der Waals surface area contributed by atoms with Crippen molar-refractivity contribution in [2.45, 2.75) is 19.6 Å². The molecule has 0 unspecified atom stereocenters. The summed E-state index contributed by atoms with van der Waals surface area (Å²) >= 11 is 1.60. The van der Waals surface area contributed by atoms with E-state index in [9.17, 15) is 4.79 Å².